The van der Waals surface area contributed by atoms with Gasteiger partial charge in [0.2, 0.25) is 0 Å². The maximum atomic E-state index is 6.44. The van der Waals surface area contributed by atoms with Gasteiger partial charge in [-0.1, -0.05) is 39.3 Å². The van der Waals surface area contributed by atoms with Crippen LogP contribution in [-0.2, 0) is 0 Å². The summed E-state index contributed by atoms with van der Waals surface area (Å²) in [6.45, 7) is 11.1. The summed E-state index contributed by atoms with van der Waals surface area (Å²) in [5, 5.41) is 0. The van der Waals surface area contributed by atoms with Gasteiger partial charge in [0.05, 0.1) is 7.11 Å². The first-order valence-corrected chi connectivity index (χ1v) is 7.67. The predicted octanol–water partition coefficient (Wildman–Crippen LogP) is 3.45. The lowest BCUT2D eigenvalue weighted by atomic mass is 9.98. The quantitative estimate of drug-likeness (QED) is 0.791. The van der Waals surface area contributed by atoms with E-state index in [9.17, 15) is 0 Å². The highest BCUT2D eigenvalue weighted by atomic mass is 16.5. The Morgan fingerprint density at radius 2 is 1.75 bits per heavy atom. The van der Waals surface area contributed by atoms with E-state index in [1.54, 1.807) is 7.11 Å². The van der Waals surface area contributed by atoms with Gasteiger partial charge in [-0.05, 0) is 37.1 Å². The molecule has 2 N–H and O–H groups in total. The van der Waals surface area contributed by atoms with Crippen LogP contribution in [0.3, 0.4) is 0 Å². The van der Waals surface area contributed by atoms with Crippen LogP contribution in [0.25, 0.3) is 0 Å². The fourth-order valence-corrected chi connectivity index (χ4v) is 2.44. The summed E-state index contributed by atoms with van der Waals surface area (Å²) in [5.74, 6) is 1.58. The zero-order valence-corrected chi connectivity index (χ0v) is 13.6. The third-order valence-electron chi connectivity index (χ3n) is 4.25. The molecular formula is C17H30N2O. The normalized spacial score (nSPS) is 15.9. The summed E-state index contributed by atoms with van der Waals surface area (Å²) in [5.41, 5.74) is 7.61. The van der Waals surface area contributed by atoms with E-state index in [1.807, 2.05) is 12.1 Å². The molecule has 0 fully saturated rings. The highest BCUT2D eigenvalue weighted by molar-refractivity contribution is 5.29. The topological polar surface area (TPSA) is 38.5 Å². The minimum Gasteiger partial charge on any atom is -0.497 e. The molecule has 0 radical (unpaired) electrons. The third kappa shape index (κ3) is 4.50. The van der Waals surface area contributed by atoms with Crippen molar-refractivity contribution in [3.63, 3.8) is 0 Å². The molecule has 0 saturated heterocycles. The lowest BCUT2D eigenvalue weighted by molar-refractivity contribution is 0.167. The molecule has 0 aliphatic rings. The monoisotopic (exact) mass is 278 g/mol. The van der Waals surface area contributed by atoms with Crippen LogP contribution in [0, 0.1) is 5.92 Å². The molecule has 20 heavy (non-hydrogen) atoms. The molecule has 1 rings (SSSR count). The lowest BCUT2D eigenvalue weighted by Crippen LogP contribution is -2.42. The number of nitrogens with zero attached hydrogens (tertiary/aromatic N) is 1. The Morgan fingerprint density at radius 3 is 2.20 bits per heavy atom. The van der Waals surface area contributed by atoms with Crippen molar-refractivity contribution in [3.8, 4) is 5.75 Å². The van der Waals surface area contributed by atoms with Gasteiger partial charge in [0.25, 0.3) is 0 Å². The van der Waals surface area contributed by atoms with Crippen LogP contribution in [0.15, 0.2) is 24.3 Å². The van der Waals surface area contributed by atoms with E-state index >= 15 is 0 Å². The van der Waals surface area contributed by atoms with E-state index in [4.69, 9.17) is 10.5 Å². The average Bonchev–Trinajstić information content (AvgIpc) is 2.50. The molecule has 0 aliphatic carbocycles. The molecule has 0 aliphatic heterocycles. The molecule has 0 aromatic heterocycles. The lowest BCUT2D eigenvalue weighted by Gasteiger charge is -2.34. The van der Waals surface area contributed by atoms with Gasteiger partial charge in [0.1, 0.15) is 5.75 Å². The Morgan fingerprint density at radius 1 is 1.15 bits per heavy atom. The van der Waals surface area contributed by atoms with Gasteiger partial charge in [0.15, 0.2) is 0 Å². The summed E-state index contributed by atoms with van der Waals surface area (Å²) in [6.07, 6.45) is 1.21. The summed E-state index contributed by atoms with van der Waals surface area (Å²) in [7, 11) is 1.68. The Bertz CT molecular complexity index is 377. The molecule has 0 saturated carbocycles. The van der Waals surface area contributed by atoms with Gasteiger partial charge >= 0.3 is 0 Å². The number of hydrogen-bond acceptors (Lipinski definition) is 3. The number of likely N-dealkylation sites (N-methyl/N-ethyl adjacent to an activating group) is 1. The molecule has 0 spiro atoms. The minimum atomic E-state index is 0.0323. The maximum Gasteiger partial charge on any atom is 0.118 e. The molecule has 3 nitrogen and oxygen atoms in total. The van der Waals surface area contributed by atoms with Crippen LogP contribution in [0.4, 0.5) is 0 Å². The number of rotatable bonds is 8. The van der Waals surface area contributed by atoms with Crippen LogP contribution in [0.2, 0.25) is 0 Å². The molecular weight excluding hydrogens is 248 g/mol. The average molecular weight is 278 g/mol. The molecule has 0 amide bonds. The van der Waals surface area contributed by atoms with Crippen molar-refractivity contribution in [3.05, 3.63) is 29.8 Å². The van der Waals surface area contributed by atoms with Crippen LogP contribution in [-0.4, -0.2) is 31.1 Å². The molecule has 3 atom stereocenters. The zero-order valence-electron chi connectivity index (χ0n) is 13.6. The molecule has 114 valence electrons. The van der Waals surface area contributed by atoms with Gasteiger partial charge in [0, 0.05) is 18.6 Å². The van der Waals surface area contributed by atoms with E-state index in [0.29, 0.717) is 12.0 Å². The van der Waals surface area contributed by atoms with E-state index in [0.717, 1.165) is 18.8 Å². The van der Waals surface area contributed by atoms with Crippen molar-refractivity contribution in [1.82, 2.24) is 4.90 Å². The SMILES string of the molecule is CCC(C)CN(CC)C(C)C(N)c1ccc(OC)cc1. The summed E-state index contributed by atoms with van der Waals surface area (Å²) < 4.78 is 5.19. The van der Waals surface area contributed by atoms with Crippen molar-refractivity contribution in [2.45, 2.75) is 46.2 Å². The first kappa shape index (κ1) is 17.0. The Balaban J connectivity index is 2.74. The van der Waals surface area contributed by atoms with Crippen molar-refractivity contribution in [2.75, 3.05) is 20.2 Å². The van der Waals surface area contributed by atoms with E-state index in [1.165, 1.54) is 12.0 Å². The largest absolute Gasteiger partial charge is 0.497 e. The van der Waals surface area contributed by atoms with Crippen molar-refractivity contribution >= 4 is 0 Å². The van der Waals surface area contributed by atoms with Crippen LogP contribution in [0.5, 0.6) is 5.75 Å². The summed E-state index contributed by atoms with van der Waals surface area (Å²) in [6, 6.07) is 8.46. The number of hydrogen-bond donors (Lipinski definition) is 1. The van der Waals surface area contributed by atoms with Crippen molar-refractivity contribution in [2.24, 2.45) is 11.7 Å². The summed E-state index contributed by atoms with van der Waals surface area (Å²) >= 11 is 0. The fourth-order valence-electron chi connectivity index (χ4n) is 2.44. The molecule has 3 unspecified atom stereocenters. The number of ether oxygens (including phenoxy) is 1. The van der Waals surface area contributed by atoms with Gasteiger partial charge in [-0.25, -0.2) is 0 Å². The summed E-state index contributed by atoms with van der Waals surface area (Å²) in [4.78, 5) is 2.48. The first-order valence-electron chi connectivity index (χ1n) is 7.67. The smallest absolute Gasteiger partial charge is 0.118 e. The molecule has 0 heterocycles. The van der Waals surface area contributed by atoms with E-state index < -0.39 is 0 Å². The van der Waals surface area contributed by atoms with Crippen LogP contribution >= 0.6 is 0 Å². The Hall–Kier alpha value is -1.06. The van der Waals surface area contributed by atoms with Crippen molar-refractivity contribution < 1.29 is 4.74 Å². The van der Waals surface area contributed by atoms with Crippen LogP contribution in [0.1, 0.15) is 45.7 Å². The second kappa shape index (κ2) is 8.28. The number of nitrogens with two attached hydrogens (primary N) is 1. The second-order valence-electron chi connectivity index (χ2n) is 5.64. The molecule has 0 bridgehead atoms. The first-order chi connectivity index (χ1) is 9.53. The highest BCUT2D eigenvalue weighted by Crippen LogP contribution is 2.22. The highest BCUT2D eigenvalue weighted by Gasteiger charge is 2.21. The second-order valence-corrected chi connectivity index (χ2v) is 5.64. The number of benzene rings is 1. The van der Waals surface area contributed by atoms with E-state index in [-0.39, 0.29) is 6.04 Å². The van der Waals surface area contributed by atoms with E-state index in [2.05, 4.69) is 44.7 Å². The zero-order chi connectivity index (χ0) is 15.1. The Kier molecular flexibility index (Phi) is 7.03. The molecule has 1 aromatic rings. The number of methoxy groups -OCH3 is 1. The third-order valence-corrected chi connectivity index (χ3v) is 4.25. The van der Waals surface area contributed by atoms with Gasteiger partial charge < -0.3 is 10.5 Å². The molecule has 3 heteroatoms. The Labute approximate surface area is 124 Å². The van der Waals surface area contributed by atoms with Gasteiger partial charge in [-0.15, -0.1) is 0 Å². The standard InChI is InChI=1S/C17H30N2O/c1-6-13(3)12-19(7-2)14(4)17(18)15-8-10-16(20-5)11-9-15/h8-11,13-14,17H,6-7,12,18H2,1-5H3. The predicted molar refractivity (Wildman–Crippen MR) is 86.1 cm³/mol. The van der Waals surface area contributed by atoms with Crippen LogP contribution < -0.4 is 10.5 Å². The van der Waals surface area contributed by atoms with Gasteiger partial charge in [-0.2, -0.15) is 0 Å². The fraction of sp³-hybridized carbons (Fsp3) is 0.647. The minimum absolute atomic E-state index is 0.0323. The van der Waals surface area contributed by atoms with Crippen molar-refractivity contribution in [1.29, 1.82) is 0 Å². The maximum absolute atomic E-state index is 6.44. The molecule has 1 aromatic carbocycles. The van der Waals surface area contributed by atoms with Gasteiger partial charge in [-0.3, -0.25) is 4.90 Å².